The smallest absolute Gasteiger partial charge is 0.144 e. The lowest BCUT2D eigenvalue weighted by atomic mass is 9.55. The van der Waals surface area contributed by atoms with Crippen LogP contribution in [0.2, 0.25) is 0 Å². The molecule has 3 nitrogen and oxygen atoms in total. The number of nitrogens with zero attached hydrogens (tertiary/aromatic N) is 2. The second-order valence-corrected chi connectivity index (χ2v) is 6.50. The molecule has 0 N–H and O–H groups in total. The minimum atomic E-state index is 0.377. The van der Waals surface area contributed by atoms with Crippen molar-refractivity contribution in [3.8, 4) is 11.8 Å². The van der Waals surface area contributed by atoms with E-state index in [-0.39, 0.29) is 0 Å². The lowest BCUT2D eigenvalue weighted by Crippen LogP contribution is -2.50. The van der Waals surface area contributed by atoms with Gasteiger partial charge in [-0.05, 0) is 61.8 Å². The van der Waals surface area contributed by atoms with E-state index in [2.05, 4.69) is 11.1 Å². The second-order valence-electron chi connectivity index (χ2n) is 6.50. The maximum absolute atomic E-state index is 8.90. The average molecular weight is 254 g/mol. The predicted molar refractivity (Wildman–Crippen MR) is 70.4 cm³/mol. The summed E-state index contributed by atoms with van der Waals surface area (Å²) < 4.78 is 6.24. The molecule has 0 amide bonds. The highest BCUT2D eigenvalue weighted by molar-refractivity contribution is 5.30. The minimum Gasteiger partial charge on any atom is -0.490 e. The zero-order chi connectivity index (χ0) is 12.8. The highest BCUT2D eigenvalue weighted by Crippen LogP contribution is 2.54. The van der Waals surface area contributed by atoms with E-state index >= 15 is 0 Å². The number of hydrogen-bond donors (Lipinski definition) is 0. The van der Waals surface area contributed by atoms with Crippen LogP contribution in [0.15, 0.2) is 18.3 Å². The van der Waals surface area contributed by atoms with Gasteiger partial charge in [-0.3, -0.25) is 0 Å². The lowest BCUT2D eigenvalue weighted by molar-refractivity contribution is -0.0790. The van der Waals surface area contributed by atoms with Gasteiger partial charge in [-0.25, -0.2) is 4.98 Å². The summed E-state index contributed by atoms with van der Waals surface area (Å²) in [7, 11) is 0. The molecule has 98 valence electrons. The highest BCUT2D eigenvalue weighted by Gasteiger charge is 2.49. The van der Waals surface area contributed by atoms with Gasteiger partial charge >= 0.3 is 0 Å². The summed E-state index contributed by atoms with van der Waals surface area (Å²) in [5.74, 6) is 4.25. The summed E-state index contributed by atoms with van der Waals surface area (Å²) in [6.45, 7) is 0. The Hall–Kier alpha value is -1.56. The van der Waals surface area contributed by atoms with Crippen LogP contribution in [0.25, 0.3) is 0 Å². The van der Waals surface area contributed by atoms with Crippen molar-refractivity contribution in [2.45, 2.75) is 38.2 Å². The van der Waals surface area contributed by atoms with Gasteiger partial charge in [0.1, 0.15) is 23.6 Å². The van der Waals surface area contributed by atoms with Gasteiger partial charge in [-0.1, -0.05) is 0 Å². The summed E-state index contributed by atoms with van der Waals surface area (Å²) in [5.41, 5.74) is 0.446. The number of rotatable bonds is 2. The predicted octanol–water partition coefficient (Wildman–Crippen LogP) is 3.16. The first-order valence-corrected chi connectivity index (χ1v) is 7.34. The van der Waals surface area contributed by atoms with E-state index in [0.29, 0.717) is 11.8 Å². The molecule has 1 aromatic rings. The van der Waals surface area contributed by atoms with Gasteiger partial charge in [0, 0.05) is 12.3 Å². The molecule has 5 rings (SSSR count). The van der Waals surface area contributed by atoms with Crippen molar-refractivity contribution in [2.75, 3.05) is 0 Å². The molecule has 1 heterocycles. The van der Waals surface area contributed by atoms with Gasteiger partial charge in [-0.15, -0.1) is 0 Å². The van der Waals surface area contributed by atoms with Crippen LogP contribution < -0.4 is 4.74 Å². The van der Waals surface area contributed by atoms with Crippen LogP contribution in [0.4, 0.5) is 0 Å². The van der Waals surface area contributed by atoms with Crippen molar-refractivity contribution in [1.82, 2.24) is 4.98 Å². The monoisotopic (exact) mass is 254 g/mol. The quantitative estimate of drug-likeness (QED) is 0.814. The van der Waals surface area contributed by atoms with Crippen molar-refractivity contribution in [1.29, 1.82) is 5.26 Å². The largest absolute Gasteiger partial charge is 0.490 e. The van der Waals surface area contributed by atoms with E-state index in [4.69, 9.17) is 10.00 Å². The Morgan fingerprint density at radius 1 is 1.11 bits per heavy atom. The molecular weight excluding hydrogens is 236 g/mol. The van der Waals surface area contributed by atoms with Crippen molar-refractivity contribution in [2.24, 2.45) is 23.7 Å². The fourth-order valence-corrected chi connectivity index (χ4v) is 4.77. The molecule has 3 heteroatoms. The molecule has 4 saturated carbocycles. The third-order valence-corrected chi connectivity index (χ3v) is 5.26. The summed E-state index contributed by atoms with van der Waals surface area (Å²) in [6, 6.07) is 5.73. The van der Waals surface area contributed by atoms with Gasteiger partial charge < -0.3 is 4.74 Å². The first-order chi connectivity index (χ1) is 9.31. The molecule has 0 spiro atoms. The van der Waals surface area contributed by atoms with Crippen LogP contribution in [0.1, 0.15) is 37.8 Å². The molecule has 4 aliphatic rings. The normalized spacial score (nSPS) is 39.0. The topological polar surface area (TPSA) is 45.9 Å². The van der Waals surface area contributed by atoms with Crippen LogP contribution in [-0.2, 0) is 0 Å². The molecule has 0 saturated heterocycles. The summed E-state index contributed by atoms with van der Waals surface area (Å²) in [6.07, 6.45) is 8.93. The molecule has 19 heavy (non-hydrogen) atoms. The van der Waals surface area contributed by atoms with Crippen molar-refractivity contribution >= 4 is 0 Å². The highest BCUT2D eigenvalue weighted by atomic mass is 16.5. The Bertz CT molecular complexity index is 506. The van der Waals surface area contributed by atoms with Gasteiger partial charge in [0.05, 0.1) is 0 Å². The van der Waals surface area contributed by atoms with Crippen LogP contribution in [0.5, 0.6) is 5.75 Å². The summed E-state index contributed by atoms with van der Waals surface area (Å²) in [4.78, 5) is 4.00. The first kappa shape index (κ1) is 11.3. The lowest BCUT2D eigenvalue weighted by Gasteiger charge is -2.53. The SMILES string of the molecule is N#Cc1cc(OC2C3CC4CC(C3)CC2C4)ccn1. The molecular formula is C16H18N2O. The van der Waals surface area contributed by atoms with Crippen LogP contribution >= 0.6 is 0 Å². The van der Waals surface area contributed by atoms with E-state index in [9.17, 15) is 0 Å². The Labute approximate surface area is 113 Å². The van der Waals surface area contributed by atoms with Crippen LogP contribution in [-0.4, -0.2) is 11.1 Å². The summed E-state index contributed by atoms with van der Waals surface area (Å²) in [5, 5.41) is 8.90. The van der Waals surface area contributed by atoms with Crippen molar-refractivity contribution in [3.63, 3.8) is 0 Å². The fraction of sp³-hybridized carbons (Fsp3) is 0.625. The molecule has 4 bridgehead atoms. The molecule has 1 aromatic heterocycles. The first-order valence-electron chi connectivity index (χ1n) is 7.34. The number of aromatic nitrogens is 1. The van der Waals surface area contributed by atoms with E-state index in [1.807, 2.05) is 6.07 Å². The molecule has 4 fully saturated rings. The Morgan fingerprint density at radius 3 is 2.42 bits per heavy atom. The van der Waals surface area contributed by atoms with E-state index in [0.717, 1.165) is 29.4 Å². The molecule has 0 aromatic carbocycles. The molecule has 0 unspecified atom stereocenters. The number of ether oxygens (including phenoxy) is 1. The van der Waals surface area contributed by atoms with Gasteiger partial charge in [-0.2, -0.15) is 5.26 Å². The van der Waals surface area contributed by atoms with Crippen LogP contribution in [0, 0.1) is 35.0 Å². The molecule has 0 aliphatic heterocycles. The molecule has 0 radical (unpaired) electrons. The van der Waals surface area contributed by atoms with Crippen molar-refractivity contribution < 1.29 is 4.74 Å². The van der Waals surface area contributed by atoms with E-state index in [1.54, 1.807) is 12.3 Å². The Morgan fingerprint density at radius 2 is 1.79 bits per heavy atom. The van der Waals surface area contributed by atoms with Crippen LogP contribution in [0.3, 0.4) is 0 Å². The number of pyridine rings is 1. The zero-order valence-electron chi connectivity index (χ0n) is 11.0. The Kier molecular flexibility index (Phi) is 2.51. The number of hydrogen-bond acceptors (Lipinski definition) is 3. The van der Waals surface area contributed by atoms with Gasteiger partial charge in [0.2, 0.25) is 0 Å². The zero-order valence-corrected chi connectivity index (χ0v) is 11.0. The van der Waals surface area contributed by atoms with E-state index in [1.165, 1.54) is 32.1 Å². The third kappa shape index (κ3) is 1.90. The standard InChI is InChI=1S/C16H18N2O/c17-9-14-8-15(1-2-18-14)19-16-12-4-10-3-11(6-12)7-13(16)5-10/h1-2,8,10-13,16H,3-7H2. The Balaban J connectivity index is 1.55. The third-order valence-electron chi connectivity index (χ3n) is 5.26. The summed E-state index contributed by atoms with van der Waals surface area (Å²) >= 11 is 0. The maximum Gasteiger partial charge on any atom is 0.144 e. The maximum atomic E-state index is 8.90. The van der Waals surface area contributed by atoms with Crippen molar-refractivity contribution in [3.05, 3.63) is 24.0 Å². The minimum absolute atomic E-state index is 0.377. The molecule has 0 atom stereocenters. The van der Waals surface area contributed by atoms with E-state index < -0.39 is 0 Å². The van der Waals surface area contributed by atoms with Gasteiger partial charge in [0.25, 0.3) is 0 Å². The molecule has 4 aliphatic carbocycles. The van der Waals surface area contributed by atoms with Gasteiger partial charge in [0.15, 0.2) is 0 Å². The number of nitriles is 1. The fourth-order valence-electron chi connectivity index (χ4n) is 4.77. The average Bonchev–Trinajstić information content (AvgIpc) is 2.42. The second kappa shape index (κ2) is 4.23.